The Labute approximate surface area is 199 Å². The molecule has 0 unspecified atom stereocenters. The lowest BCUT2D eigenvalue weighted by molar-refractivity contribution is 0.0951. The summed E-state index contributed by atoms with van der Waals surface area (Å²) in [6, 6.07) is 12.9. The zero-order valence-electron chi connectivity index (χ0n) is 19.2. The number of nitrogens with one attached hydrogen (secondary N) is 1. The van der Waals surface area contributed by atoms with Gasteiger partial charge in [-0.25, -0.2) is 8.42 Å². The summed E-state index contributed by atoms with van der Waals surface area (Å²) < 4.78 is 33.9. The van der Waals surface area contributed by atoms with Crippen molar-refractivity contribution in [2.75, 3.05) is 6.54 Å². The fourth-order valence-corrected chi connectivity index (χ4v) is 7.41. The number of amides is 1. The minimum Gasteiger partial charge on any atom is -0.345 e. The molecule has 2 aromatic carbocycles. The van der Waals surface area contributed by atoms with Gasteiger partial charge in [-0.2, -0.15) is 9.29 Å². The molecule has 8 nitrogen and oxygen atoms in total. The molecule has 5 rings (SSSR count). The van der Waals surface area contributed by atoms with Crippen LogP contribution in [0.25, 0.3) is 10.8 Å². The summed E-state index contributed by atoms with van der Waals surface area (Å²) in [4.78, 5) is 17.3. The first-order valence-corrected chi connectivity index (χ1v) is 13.6. The Morgan fingerprint density at radius 3 is 2.62 bits per heavy atom. The van der Waals surface area contributed by atoms with Crippen molar-refractivity contribution in [2.45, 2.75) is 69.2 Å². The highest BCUT2D eigenvalue weighted by Gasteiger charge is 2.41. The zero-order chi connectivity index (χ0) is 23.5. The van der Waals surface area contributed by atoms with E-state index in [4.69, 9.17) is 4.52 Å². The lowest BCUT2D eigenvalue weighted by atomic mass is 10.0. The minimum absolute atomic E-state index is 0.105. The second-order valence-electron chi connectivity index (χ2n) is 9.19. The van der Waals surface area contributed by atoms with Crippen LogP contribution in [0.1, 0.15) is 79.5 Å². The number of fused-ring (bicyclic) bond motifs is 1. The Balaban J connectivity index is 1.29. The van der Waals surface area contributed by atoms with E-state index in [9.17, 15) is 13.2 Å². The maximum absolute atomic E-state index is 13.4. The number of hydrogen-bond donors (Lipinski definition) is 1. The minimum atomic E-state index is -3.42. The highest BCUT2D eigenvalue weighted by atomic mass is 32.2. The van der Waals surface area contributed by atoms with Crippen LogP contribution in [0.2, 0.25) is 0 Å². The molecule has 1 N–H and O–H groups in total. The molecular weight excluding hydrogens is 452 g/mol. The zero-order valence-corrected chi connectivity index (χ0v) is 20.0. The van der Waals surface area contributed by atoms with E-state index in [2.05, 4.69) is 15.5 Å². The van der Waals surface area contributed by atoms with Gasteiger partial charge in [-0.3, -0.25) is 4.79 Å². The third kappa shape index (κ3) is 4.59. The first-order chi connectivity index (χ1) is 16.5. The molecule has 1 atom stereocenters. The van der Waals surface area contributed by atoms with E-state index in [1.54, 1.807) is 10.4 Å². The van der Waals surface area contributed by atoms with Gasteiger partial charge in [0.2, 0.25) is 15.9 Å². The summed E-state index contributed by atoms with van der Waals surface area (Å²) in [7, 11) is -3.42. The average molecular weight is 483 g/mol. The lowest BCUT2D eigenvalue weighted by Gasteiger charge is -2.36. The quantitative estimate of drug-likeness (QED) is 0.560. The van der Waals surface area contributed by atoms with Crippen molar-refractivity contribution in [1.29, 1.82) is 0 Å². The van der Waals surface area contributed by atoms with E-state index in [-0.39, 0.29) is 17.7 Å². The Bertz CT molecular complexity index is 1260. The molecule has 1 saturated carbocycles. The number of carbonyl (C=O) groups is 1. The fourth-order valence-electron chi connectivity index (χ4n) is 5.16. The second-order valence-corrected chi connectivity index (χ2v) is 11.4. The smallest absolute Gasteiger partial charge is 0.252 e. The van der Waals surface area contributed by atoms with Crippen LogP contribution >= 0.6 is 0 Å². The van der Waals surface area contributed by atoms with E-state index in [1.807, 2.05) is 36.4 Å². The van der Waals surface area contributed by atoms with Gasteiger partial charge in [0.1, 0.15) is 6.04 Å². The molecule has 2 heterocycles. The molecule has 2 aliphatic rings. The maximum atomic E-state index is 13.4. The largest absolute Gasteiger partial charge is 0.345 e. The molecule has 1 saturated heterocycles. The van der Waals surface area contributed by atoms with Crippen LogP contribution < -0.4 is 5.32 Å². The van der Waals surface area contributed by atoms with E-state index in [0.717, 1.165) is 55.7 Å². The molecule has 9 heteroatoms. The van der Waals surface area contributed by atoms with Crippen LogP contribution in [-0.2, 0) is 16.6 Å². The SMILES string of the molecule is O=C(NCc1noc([C@@H]2CCCCN2S(=O)(=O)C2CCCCC2)n1)c1cccc2ccccc12. The Morgan fingerprint density at radius 2 is 1.76 bits per heavy atom. The van der Waals surface area contributed by atoms with E-state index in [0.29, 0.717) is 30.2 Å². The van der Waals surface area contributed by atoms with Gasteiger partial charge >= 0.3 is 0 Å². The van der Waals surface area contributed by atoms with Gasteiger partial charge in [0, 0.05) is 12.1 Å². The summed E-state index contributed by atoms with van der Waals surface area (Å²) in [6.45, 7) is 0.590. The van der Waals surface area contributed by atoms with Crippen molar-refractivity contribution in [1.82, 2.24) is 19.8 Å². The molecular formula is C25H30N4O4S. The predicted octanol–water partition coefficient (Wildman–Crippen LogP) is 4.34. The first-order valence-electron chi connectivity index (χ1n) is 12.1. The Morgan fingerprint density at radius 1 is 1.00 bits per heavy atom. The van der Waals surface area contributed by atoms with Gasteiger partial charge in [0.25, 0.3) is 5.91 Å². The highest BCUT2D eigenvalue weighted by molar-refractivity contribution is 7.89. The third-order valence-corrected chi connectivity index (χ3v) is 9.37. The summed E-state index contributed by atoms with van der Waals surface area (Å²) >= 11 is 0. The van der Waals surface area contributed by atoms with Crippen LogP contribution in [0.15, 0.2) is 47.0 Å². The van der Waals surface area contributed by atoms with E-state index < -0.39 is 16.1 Å². The van der Waals surface area contributed by atoms with E-state index in [1.165, 1.54) is 0 Å². The molecule has 0 spiro atoms. The molecule has 1 aliphatic heterocycles. The monoisotopic (exact) mass is 482 g/mol. The van der Waals surface area contributed by atoms with Crippen LogP contribution in [-0.4, -0.2) is 40.6 Å². The number of rotatable bonds is 6. The fraction of sp³-hybridized carbons (Fsp3) is 0.480. The van der Waals surface area contributed by atoms with Crippen molar-refractivity contribution >= 4 is 26.7 Å². The van der Waals surface area contributed by atoms with Crippen molar-refractivity contribution < 1.29 is 17.7 Å². The van der Waals surface area contributed by atoms with Gasteiger partial charge in [0.15, 0.2) is 5.82 Å². The van der Waals surface area contributed by atoms with Crippen molar-refractivity contribution in [3.05, 3.63) is 59.7 Å². The number of hydrogen-bond acceptors (Lipinski definition) is 6. The Kier molecular flexibility index (Phi) is 6.65. The van der Waals surface area contributed by atoms with Crippen molar-refractivity contribution in [3.63, 3.8) is 0 Å². The molecule has 1 amide bonds. The van der Waals surface area contributed by atoms with Gasteiger partial charge in [-0.05, 0) is 42.5 Å². The van der Waals surface area contributed by atoms with Gasteiger partial charge in [-0.15, -0.1) is 0 Å². The number of aromatic nitrogens is 2. The van der Waals surface area contributed by atoms with Crippen LogP contribution in [0.5, 0.6) is 0 Å². The van der Waals surface area contributed by atoms with Crippen LogP contribution in [0.4, 0.5) is 0 Å². The van der Waals surface area contributed by atoms with Gasteiger partial charge < -0.3 is 9.84 Å². The summed E-state index contributed by atoms with van der Waals surface area (Å²) in [5.74, 6) is 0.431. The average Bonchev–Trinajstić information content (AvgIpc) is 3.36. The lowest BCUT2D eigenvalue weighted by Crippen LogP contribution is -2.44. The number of nitrogens with zero attached hydrogens (tertiary/aromatic N) is 3. The number of benzene rings is 2. The molecule has 1 aliphatic carbocycles. The summed E-state index contributed by atoms with van der Waals surface area (Å²) in [5, 5.41) is 8.44. The second kappa shape index (κ2) is 9.84. The maximum Gasteiger partial charge on any atom is 0.252 e. The van der Waals surface area contributed by atoms with Crippen LogP contribution in [0, 0.1) is 0 Å². The van der Waals surface area contributed by atoms with Gasteiger partial charge in [0.05, 0.1) is 11.8 Å². The number of carbonyl (C=O) groups excluding carboxylic acids is 1. The van der Waals surface area contributed by atoms with E-state index >= 15 is 0 Å². The summed E-state index contributed by atoms with van der Waals surface area (Å²) in [5.41, 5.74) is 0.582. The molecule has 3 aromatic rings. The molecule has 0 radical (unpaired) electrons. The molecule has 2 fully saturated rings. The van der Waals surface area contributed by atoms with Crippen molar-refractivity contribution in [3.8, 4) is 0 Å². The first kappa shape index (κ1) is 23.0. The normalized spacial score (nSPS) is 20.4. The highest BCUT2D eigenvalue weighted by Crippen LogP contribution is 2.36. The molecule has 0 bridgehead atoms. The molecule has 180 valence electrons. The third-order valence-electron chi connectivity index (χ3n) is 6.96. The number of sulfonamides is 1. The topological polar surface area (TPSA) is 105 Å². The number of piperidine rings is 1. The van der Waals surface area contributed by atoms with Crippen LogP contribution in [0.3, 0.4) is 0 Å². The Hall–Kier alpha value is -2.78. The molecule has 1 aromatic heterocycles. The standard InChI is InChI=1S/C25H30N4O4S/c30-24(21-14-8-10-18-9-4-5-13-20(18)21)26-17-23-27-25(33-28-23)22-15-6-7-16-29(22)34(31,32)19-11-2-1-3-12-19/h4-5,8-10,13-14,19,22H,1-3,6-7,11-12,15-17H2,(H,26,30)/t22-/m0/s1. The van der Waals surface area contributed by atoms with Gasteiger partial charge in [-0.1, -0.05) is 67.2 Å². The summed E-state index contributed by atoms with van der Waals surface area (Å²) in [6.07, 6.45) is 6.89. The molecule has 34 heavy (non-hydrogen) atoms. The van der Waals surface area contributed by atoms with Crippen molar-refractivity contribution in [2.24, 2.45) is 0 Å². The predicted molar refractivity (Wildman–Crippen MR) is 129 cm³/mol.